The van der Waals surface area contributed by atoms with E-state index in [9.17, 15) is 9.59 Å². The molecule has 0 atom stereocenters. The van der Waals surface area contributed by atoms with E-state index < -0.39 is 0 Å². The first-order valence-electron chi connectivity index (χ1n) is 8.63. The standard InChI is InChI=1S/C20H23N3O2/c1-15-7-9-16(10-8-15)11-12-19(24)21-13-4-14-23-18-6-3-2-5-17(18)22-20(23)25/h2-3,5-10H,4,11-14H2,1H3,(H,21,24)(H,22,25). The zero-order valence-electron chi connectivity index (χ0n) is 14.4. The van der Waals surface area contributed by atoms with Gasteiger partial charge in [0.15, 0.2) is 0 Å². The van der Waals surface area contributed by atoms with E-state index in [-0.39, 0.29) is 11.6 Å². The van der Waals surface area contributed by atoms with E-state index in [1.54, 1.807) is 4.57 Å². The summed E-state index contributed by atoms with van der Waals surface area (Å²) in [6.45, 7) is 3.20. The minimum absolute atomic E-state index is 0.0480. The molecule has 1 amide bonds. The van der Waals surface area contributed by atoms with E-state index in [1.807, 2.05) is 24.3 Å². The molecule has 3 aromatic rings. The normalized spacial score (nSPS) is 10.9. The van der Waals surface area contributed by atoms with E-state index in [0.29, 0.717) is 19.5 Å². The number of fused-ring (bicyclic) bond motifs is 1. The molecule has 25 heavy (non-hydrogen) atoms. The van der Waals surface area contributed by atoms with Gasteiger partial charge in [-0.15, -0.1) is 0 Å². The number of carbonyl (C=O) groups is 1. The third kappa shape index (κ3) is 4.38. The summed E-state index contributed by atoms with van der Waals surface area (Å²) in [4.78, 5) is 26.7. The molecule has 0 bridgehead atoms. The molecular formula is C20H23N3O2. The molecule has 0 fully saturated rings. The number of benzene rings is 2. The molecular weight excluding hydrogens is 314 g/mol. The quantitative estimate of drug-likeness (QED) is 0.651. The predicted molar refractivity (Wildman–Crippen MR) is 99.7 cm³/mol. The van der Waals surface area contributed by atoms with Crippen molar-refractivity contribution in [2.75, 3.05) is 6.54 Å². The average molecular weight is 337 g/mol. The van der Waals surface area contributed by atoms with Crippen LogP contribution >= 0.6 is 0 Å². The predicted octanol–water partition coefficient (Wildman–Crippen LogP) is 2.78. The van der Waals surface area contributed by atoms with Gasteiger partial charge in [-0.2, -0.15) is 0 Å². The second-order valence-corrected chi connectivity index (χ2v) is 6.29. The number of H-pyrrole nitrogens is 1. The molecule has 0 radical (unpaired) electrons. The van der Waals surface area contributed by atoms with Gasteiger partial charge in [-0.05, 0) is 37.5 Å². The number of nitrogens with one attached hydrogen (secondary N) is 2. The Hall–Kier alpha value is -2.82. The molecule has 0 aliphatic heterocycles. The monoisotopic (exact) mass is 337 g/mol. The second kappa shape index (κ2) is 7.83. The summed E-state index contributed by atoms with van der Waals surface area (Å²) < 4.78 is 1.72. The number of hydrogen-bond donors (Lipinski definition) is 2. The largest absolute Gasteiger partial charge is 0.356 e. The molecule has 130 valence electrons. The number of amides is 1. The molecule has 0 saturated carbocycles. The van der Waals surface area contributed by atoms with Crippen LogP contribution in [0.4, 0.5) is 0 Å². The number of rotatable bonds is 7. The summed E-state index contributed by atoms with van der Waals surface area (Å²) in [5.41, 5.74) is 4.03. The molecule has 0 aliphatic carbocycles. The van der Waals surface area contributed by atoms with Crippen molar-refractivity contribution < 1.29 is 4.79 Å². The maximum atomic E-state index is 12.0. The molecule has 1 heterocycles. The highest BCUT2D eigenvalue weighted by Gasteiger charge is 2.06. The Morgan fingerprint density at radius 1 is 1.12 bits per heavy atom. The van der Waals surface area contributed by atoms with Gasteiger partial charge in [0.1, 0.15) is 0 Å². The molecule has 0 unspecified atom stereocenters. The fourth-order valence-corrected chi connectivity index (χ4v) is 2.89. The van der Waals surface area contributed by atoms with Gasteiger partial charge in [0.25, 0.3) is 0 Å². The fourth-order valence-electron chi connectivity index (χ4n) is 2.89. The highest BCUT2D eigenvalue weighted by Crippen LogP contribution is 2.09. The van der Waals surface area contributed by atoms with Crippen molar-refractivity contribution in [1.82, 2.24) is 14.9 Å². The van der Waals surface area contributed by atoms with Crippen molar-refractivity contribution in [1.29, 1.82) is 0 Å². The molecule has 2 N–H and O–H groups in total. The molecule has 1 aromatic heterocycles. The molecule has 0 aliphatic rings. The van der Waals surface area contributed by atoms with Crippen molar-refractivity contribution in [2.45, 2.75) is 32.7 Å². The Kier molecular flexibility index (Phi) is 5.33. The minimum Gasteiger partial charge on any atom is -0.356 e. The van der Waals surface area contributed by atoms with E-state index in [4.69, 9.17) is 0 Å². The van der Waals surface area contributed by atoms with Crippen molar-refractivity contribution in [3.05, 3.63) is 70.1 Å². The van der Waals surface area contributed by atoms with Crippen LogP contribution in [0, 0.1) is 6.92 Å². The lowest BCUT2D eigenvalue weighted by molar-refractivity contribution is -0.121. The molecule has 0 saturated heterocycles. The van der Waals surface area contributed by atoms with Crippen molar-refractivity contribution >= 4 is 16.9 Å². The summed E-state index contributed by atoms with van der Waals surface area (Å²) in [6.07, 6.45) is 1.95. The second-order valence-electron chi connectivity index (χ2n) is 6.29. The van der Waals surface area contributed by atoms with E-state index in [0.717, 1.165) is 23.9 Å². The first-order chi connectivity index (χ1) is 12.1. The SMILES string of the molecule is Cc1ccc(CCC(=O)NCCCn2c(=O)[nH]c3ccccc32)cc1. The summed E-state index contributed by atoms with van der Waals surface area (Å²) in [7, 11) is 0. The summed E-state index contributed by atoms with van der Waals surface area (Å²) in [5.74, 6) is 0.0480. The minimum atomic E-state index is -0.105. The first kappa shape index (κ1) is 17.0. The third-order valence-electron chi connectivity index (χ3n) is 4.32. The number of aromatic amines is 1. The van der Waals surface area contributed by atoms with Gasteiger partial charge in [0, 0.05) is 19.5 Å². The Bertz CT molecular complexity index is 907. The van der Waals surface area contributed by atoms with Crippen molar-refractivity contribution in [3.8, 4) is 0 Å². The Labute approximate surface area is 146 Å². The zero-order valence-corrected chi connectivity index (χ0v) is 14.4. The van der Waals surface area contributed by atoms with Gasteiger partial charge in [0.2, 0.25) is 5.91 Å². The lowest BCUT2D eigenvalue weighted by atomic mass is 10.1. The third-order valence-corrected chi connectivity index (χ3v) is 4.32. The average Bonchev–Trinajstić information content (AvgIpc) is 2.93. The van der Waals surface area contributed by atoms with Crippen LogP contribution in [0.2, 0.25) is 0 Å². The number of para-hydroxylation sites is 2. The number of aryl methyl sites for hydroxylation is 3. The van der Waals surface area contributed by atoms with E-state index >= 15 is 0 Å². The van der Waals surface area contributed by atoms with Gasteiger partial charge in [0.05, 0.1) is 11.0 Å². The number of imidazole rings is 1. The Morgan fingerprint density at radius 2 is 1.88 bits per heavy atom. The fraction of sp³-hybridized carbons (Fsp3) is 0.300. The van der Waals surface area contributed by atoms with Crippen LogP contribution in [0.5, 0.6) is 0 Å². The Morgan fingerprint density at radius 3 is 2.68 bits per heavy atom. The smallest absolute Gasteiger partial charge is 0.326 e. The van der Waals surface area contributed by atoms with Gasteiger partial charge in [-0.1, -0.05) is 42.0 Å². The highest BCUT2D eigenvalue weighted by atomic mass is 16.2. The van der Waals surface area contributed by atoms with Crippen molar-refractivity contribution in [2.24, 2.45) is 0 Å². The van der Waals surface area contributed by atoms with Crippen LogP contribution in [-0.4, -0.2) is 22.0 Å². The molecule has 5 nitrogen and oxygen atoms in total. The van der Waals surface area contributed by atoms with E-state index in [2.05, 4.69) is 41.5 Å². The van der Waals surface area contributed by atoms with Crippen LogP contribution in [0.25, 0.3) is 11.0 Å². The van der Waals surface area contributed by atoms with Gasteiger partial charge >= 0.3 is 5.69 Å². The van der Waals surface area contributed by atoms with Crippen LogP contribution in [0.3, 0.4) is 0 Å². The molecule has 3 rings (SSSR count). The maximum Gasteiger partial charge on any atom is 0.326 e. The summed E-state index contributed by atoms with van der Waals surface area (Å²) >= 11 is 0. The van der Waals surface area contributed by atoms with Crippen LogP contribution in [-0.2, 0) is 17.8 Å². The first-order valence-corrected chi connectivity index (χ1v) is 8.63. The lowest BCUT2D eigenvalue weighted by Crippen LogP contribution is -2.26. The molecule has 0 spiro atoms. The number of hydrogen-bond acceptors (Lipinski definition) is 2. The lowest BCUT2D eigenvalue weighted by Gasteiger charge is -2.07. The maximum absolute atomic E-state index is 12.0. The van der Waals surface area contributed by atoms with Crippen LogP contribution in [0.15, 0.2) is 53.3 Å². The summed E-state index contributed by atoms with van der Waals surface area (Å²) in [6, 6.07) is 15.9. The number of nitrogens with zero attached hydrogens (tertiary/aromatic N) is 1. The number of aromatic nitrogens is 2. The van der Waals surface area contributed by atoms with Gasteiger partial charge in [-0.25, -0.2) is 4.79 Å². The molecule has 2 aromatic carbocycles. The number of carbonyl (C=O) groups excluding carboxylic acids is 1. The van der Waals surface area contributed by atoms with Crippen LogP contribution in [0.1, 0.15) is 24.0 Å². The van der Waals surface area contributed by atoms with Crippen molar-refractivity contribution in [3.63, 3.8) is 0 Å². The Balaban J connectivity index is 1.43. The topological polar surface area (TPSA) is 66.9 Å². The van der Waals surface area contributed by atoms with Gasteiger partial charge < -0.3 is 10.3 Å². The van der Waals surface area contributed by atoms with Gasteiger partial charge in [-0.3, -0.25) is 9.36 Å². The molecule has 5 heteroatoms. The summed E-state index contributed by atoms with van der Waals surface area (Å²) in [5, 5.41) is 2.93. The van der Waals surface area contributed by atoms with Crippen LogP contribution < -0.4 is 11.0 Å². The van der Waals surface area contributed by atoms with E-state index in [1.165, 1.54) is 11.1 Å². The zero-order chi connectivity index (χ0) is 17.6. The highest BCUT2D eigenvalue weighted by molar-refractivity contribution is 5.76.